The van der Waals surface area contributed by atoms with Gasteiger partial charge in [0.15, 0.2) is 5.69 Å². The predicted octanol–water partition coefficient (Wildman–Crippen LogP) is 1.28. The SMILES string of the molecule is CN(C)CC1CCN(C(=O)c2n[nH]c(C3CC3)c2N)CC1. The molecule has 2 aliphatic rings. The van der Waals surface area contributed by atoms with E-state index in [1.54, 1.807) is 0 Å². The molecule has 0 unspecified atom stereocenters. The number of carbonyl (C=O) groups is 1. The molecule has 0 atom stereocenters. The Balaban J connectivity index is 1.61. The van der Waals surface area contributed by atoms with Gasteiger partial charge in [-0.05, 0) is 45.7 Å². The predicted molar refractivity (Wildman–Crippen MR) is 82.2 cm³/mol. The number of hydrogen-bond donors (Lipinski definition) is 2. The number of piperidine rings is 1. The van der Waals surface area contributed by atoms with Crippen LogP contribution in [-0.4, -0.2) is 59.6 Å². The molecule has 1 amide bonds. The summed E-state index contributed by atoms with van der Waals surface area (Å²) in [5.74, 6) is 1.16. The summed E-state index contributed by atoms with van der Waals surface area (Å²) in [6.45, 7) is 2.71. The van der Waals surface area contributed by atoms with Gasteiger partial charge >= 0.3 is 0 Å². The van der Waals surface area contributed by atoms with Gasteiger partial charge in [-0.25, -0.2) is 0 Å². The summed E-state index contributed by atoms with van der Waals surface area (Å²) in [6, 6.07) is 0. The van der Waals surface area contributed by atoms with Crippen LogP contribution in [0.2, 0.25) is 0 Å². The molecule has 0 spiro atoms. The smallest absolute Gasteiger partial charge is 0.276 e. The summed E-state index contributed by atoms with van der Waals surface area (Å²) < 4.78 is 0. The highest BCUT2D eigenvalue weighted by Crippen LogP contribution is 2.42. The van der Waals surface area contributed by atoms with Crippen LogP contribution in [0.4, 0.5) is 5.69 Å². The summed E-state index contributed by atoms with van der Waals surface area (Å²) in [4.78, 5) is 16.7. The van der Waals surface area contributed by atoms with Crippen LogP contribution in [0.3, 0.4) is 0 Å². The fourth-order valence-electron chi connectivity index (χ4n) is 3.20. The molecule has 2 fully saturated rings. The van der Waals surface area contributed by atoms with Crippen molar-refractivity contribution in [3.8, 4) is 0 Å². The molecule has 1 aliphatic heterocycles. The molecule has 21 heavy (non-hydrogen) atoms. The maximum absolute atomic E-state index is 12.6. The zero-order valence-corrected chi connectivity index (χ0v) is 12.9. The van der Waals surface area contributed by atoms with Crippen LogP contribution in [-0.2, 0) is 0 Å². The molecule has 6 heteroatoms. The molecular formula is C15H25N5O. The van der Waals surface area contributed by atoms with Crippen molar-refractivity contribution in [1.82, 2.24) is 20.0 Å². The molecule has 1 aromatic rings. The van der Waals surface area contributed by atoms with Gasteiger partial charge in [0.25, 0.3) is 5.91 Å². The first-order valence-electron chi connectivity index (χ1n) is 7.84. The van der Waals surface area contributed by atoms with Crippen LogP contribution < -0.4 is 5.73 Å². The maximum Gasteiger partial charge on any atom is 0.276 e. The van der Waals surface area contributed by atoms with E-state index in [2.05, 4.69) is 29.2 Å². The number of hydrogen-bond acceptors (Lipinski definition) is 4. The lowest BCUT2D eigenvalue weighted by atomic mass is 9.96. The summed E-state index contributed by atoms with van der Waals surface area (Å²) in [5.41, 5.74) is 8.04. The molecule has 6 nitrogen and oxygen atoms in total. The van der Waals surface area contributed by atoms with Gasteiger partial charge in [0.1, 0.15) is 0 Å². The number of H-pyrrole nitrogens is 1. The van der Waals surface area contributed by atoms with E-state index < -0.39 is 0 Å². The van der Waals surface area contributed by atoms with Gasteiger partial charge in [-0.1, -0.05) is 0 Å². The normalized spacial score (nSPS) is 20.2. The molecule has 1 aromatic heterocycles. The van der Waals surface area contributed by atoms with Crippen molar-refractivity contribution in [1.29, 1.82) is 0 Å². The summed E-state index contributed by atoms with van der Waals surface area (Å²) >= 11 is 0. The molecule has 1 aliphatic carbocycles. The van der Waals surface area contributed by atoms with E-state index in [1.807, 2.05) is 4.90 Å². The first-order valence-corrected chi connectivity index (χ1v) is 7.84. The number of nitrogens with two attached hydrogens (primary N) is 1. The number of carbonyl (C=O) groups excluding carboxylic acids is 1. The standard InChI is InChI=1S/C15H25N5O/c1-19(2)9-10-5-7-20(8-6-10)15(21)14-12(16)13(17-18-14)11-3-4-11/h10-11H,3-9,16H2,1-2H3,(H,17,18). The van der Waals surface area contributed by atoms with Crippen molar-refractivity contribution in [3.63, 3.8) is 0 Å². The number of aromatic nitrogens is 2. The lowest BCUT2D eigenvalue weighted by Crippen LogP contribution is -2.41. The second-order valence-corrected chi connectivity index (χ2v) is 6.67. The van der Waals surface area contributed by atoms with Gasteiger partial charge in [-0.15, -0.1) is 0 Å². The number of anilines is 1. The van der Waals surface area contributed by atoms with Gasteiger partial charge in [0.05, 0.1) is 11.4 Å². The number of amides is 1. The number of nitrogen functional groups attached to an aromatic ring is 1. The fourth-order valence-corrected chi connectivity index (χ4v) is 3.20. The third kappa shape index (κ3) is 3.05. The molecule has 3 rings (SSSR count). The average molecular weight is 291 g/mol. The van der Waals surface area contributed by atoms with Crippen molar-refractivity contribution in [2.45, 2.75) is 31.6 Å². The monoisotopic (exact) mass is 291 g/mol. The minimum atomic E-state index is -0.0149. The molecule has 2 heterocycles. The highest BCUT2D eigenvalue weighted by molar-refractivity contribution is 5.97. The lowest BCUT2D eigenvalue weighted by Gasteiger charge is -2.32. The van der Waals surface area contributed by atoms with Crippen LogP contribution >= 0.6 is 0 Å². The Morgan fingerprint density at radius 3 is 2.57 bits per heavy atom. The topological polar surface area (TPSA) is 78.2 Å². The van der Waals surface area contributed by atoms with E-state index in [0.29, 0.717) is 23.2 Å². The van der Waals surface area contributed by atoms with E-state index in [9.17, 15) is 4.79 Å². The Morgan fingerprint density at radius 1 is 1.33 bits per heavy atom. The Kier molecular flexibility index (Phi) is 3.89. The largest absolute Gasteiger partial charge is 0.395 e. The number of aromatic amines is 1. The van der Waals surface area contributed by atoms with Gasteiger partial charge in [-0.3, -0.25) is 9.89 Å². The first kappa shape index (κ1) is 14.4. The van der Waals surface area contributed by atoms with Crippen molar-refractivity contribution >= 4 is 11.6 Å². The minimum absolute atomic E-state index is 0.0149. The van der Waals surface area contributed by atoms with E-state index in [-0.39, 0.29) is 5.91 Å². The molecule has 116 valence electrons. The third-order valence-corrected chi connectivity index (χ3v) is 4.55. The van der Waals surface area contributed by atoms with E-state index in [4.69, 9.17) is 5.73 Å². The van der Waals surface area contributed by atoms with Crippen LogP contribution in [0.1, 0.15) is 47.8 Å². The van der Waals surface area contributed by atoms with Gasteiger partial charge < -0.3 is 15.5 Å². The summed E-state index contributed by atoms with van der Waals surface area (Å²) in [7, 11) is 4.20. The number of likely N-dealkylation sites (tertiary alicyclic amines) is 1. The molecule has 0 radical (unpaired) electrons. The van der Waals surface area contributed by atoms with Crippen LogP contribution in [0, 0.1) is 5.92 Å². The number of nitrogens with one attached hydrogen (secondary N) is 1. The minimum Gasteiger partial charge on any atom is -0.395 e. The van der Waals surface area contributed by atoms with Crippen molar-refractivity contribution in [2.75, 3.05) is 39.5 Å². The Bertz CT molecular complexity index is 512. The Morgan fingerprint density at radius 2 is 2.00 bits per heavy atom. The average Bonchev–Trinajstić information content (AvgIpc) is 3.21. The summed E-state index contributed by atoms with van der Waals surface area (Å²) in [5, 5.41) is 7.13. The highest BCUT2D eigenvalue weighted by Gasteiger charge is 2.32. The quantitative estimate of drug-likeness (QED) is 0.876. The Hall–Kier alpha value is -1.56. The number of nitrogens with zero attached hydrogens (tertiary/aromatic N) is 3. The molecule has 0 aromatic carbocycles. The Labute approximate surface area is 125 Å². The maximum atomic E-state index is 12.6. The van der Waals surface area contributed by atoms with Crippen LogP contribution in [0.5, 0.6) is 0 Å². The first-order chi connectivity index (χ1) is 10.1. The molecular weight excluding hydrogens is 266 g/mol. The molecule has 0 bridgehead atoms. The second-order valence-electron chi connectivity index (χ2n) is 6.67. The highest BCUT2D eigenvalue weighted by atomic mass is 16.2. The zero-order valence-electron chi connectivity index (χ0n) is 12.9. The third-order valence-electron chi connectivity index (χ3n) is 4.55. The second kappa shape index (κ2) is 5.67. The molecule has 1 saturated heterocycles. The van der Waals surface area contributed by atoms with Gasteiger partial charge in [-0.2, -0.15) is 5.10 Å². The lowest BCUT2D eigenvalue weighted by molar-refractivity contribution is 0.0673. The number of rotatable bonds is 4. The van der Waals surface area contributed by atoms with Crippen molar-refractivity contribution in [2.24, 2.45) is 5.92 Å². The van der Waals surface area contributed by atoms with Crippen molar-refractivity contribution in [3.05, 3.63) is 11.4 Å². The van der Waals surface area contributed by atoms with Gasteiger partial charge in [0, 0.05) is 25.6 Å². The van der Waals surface area contributed by atoms with Crippen LogP contribution in [0.15, 0.2) is 0 Å². The van der Waals surface area contributed by atoms with Gasteiger partial charge in [0.2, 0.25) is 0 Å². The molecule has 1 saturated carbocycles. The summed E-state index contributed by atoms with van der Waals surface area (Å²) in [6.07, 6.45) is 4.42. The van der Waals surface area contributed by atoms with Crippen molar-refractivity contribution < 1.29 is 4.79 Å². The van der Waals surface area contributed by atoms with E-state index in [1.165, 1.54) is 0 Å². The van der Waals surface area contributed by atoms with E-state index in [0.717, 1.165) is 51.0 Å². The zero-order chi connectivity index (χ0) is 15.0. The molecule has 3 N–H and O–H groups in total. The fraction of sp³-hybridized carbons (Fsp3) is 0.733. The van der Waals surface area contributed by atoms with E-state index >= 15 is 0 Å². The van der Waals surface area contributed by atoms with Crippen LogP contribution in [0.25, 0.3) is 0 Å².